The fourth-order valence-electron chi connectivity index (χ4n) is 3.23. The fraction of sp³-hybridized carbons (Fsp3) is 0.529. The van der Waals surface area contributed by atoms with Crippen LogP contribution < -0.4 is 10.2 Å². The van der Waals surface area contributed by atoms with E-state index in [9.17, 15) is 0 Å². The Hall–Kier alpha value is -1.28. The minimum atomic E-state index is 0.1000. The van der Waals surface area contributed by atoms with Gasteiger partial charge in [0.15, 0.2) is 0 Å². The predicted octanol–water partition coefficient (Wildman–Crippen LogP) is 3.74. The van der Waals surface area contributed by atoms with Gasteiger partial charge < -0.3 is 10.2 Å². The Bertz CT molecular complexity index is 512. The molecule has 0 atom stereocenters. The van der Waals surface area contributed by atoms with Gasteiger partial charge in [-0.3, -0.25) is 0 Å². The highest BCUT2D eigenvalue weighted by molar-refractivity contribution is 5.82. The Morgan fingerprint density at radius 3 is 2.47 bits per heavy atom. The van der Waals surface area contributed by atoms with Crippen molar-refractivity contribution in [2.24, 2.45) is 0 Å². The summed E-state index contributed by atoms with van der Waals surface area (Å²) >= 11 is 0. The highest BCUT2D eigenvalue weighted by atomic mass is 15.2. The van der Waals surface area contributed by atoms with E-state index in [-0.39, 0.29) is 5.54 Å². The second-order valence-electron chi connectivity index (χ2n) is 6.05. The zero-order chi connectivity index (χ0) is 14.2. The summed E-state index contributed by atoms with van der Waals surface area (Å²) in [6.45, 7) is 13.2. The lowest BCUT2D eigenvalue weighted by Crippen LogP contribution is -2.45. The molecule has 0 bridgehead atoms. The molecular formula is C17H26N2. The Balaban J connectivity index is 2.60. The van der Waals surface area contributed by atoms with Gasteiger partial charge in [-0.25, -0.2) is 0 Å². The smallest absolute Gasteiger partial charge is 0.0534 e. The normalized spacial score (nSPS) is 17.2. The molecule has 1 heterocycles. The first-order valence-electron chi connectivity index (χ1n) is 7.16. The molecule has 0 saturated carbocycles. The molecular weight excluding hydrogens is 232 g/mol. The van der Waals surface area contributed by atoms with Crippen LogP contribution >= 0.6 is 0 Å². The number of nitrogens with one attached hydrogen (secondary N) is 1. The molecule has 2 rings (SSSR count). The van der Waals surface area contributed by atoms with Crippen LogP contribution in [0.5, 0.6) is 0 Å². The number of hydrogen-bond acceptors (Lipinski definition) is 2. The van der Waals surface area contributed by atoms with Gasteiger partial charge in [-0.05, 0) is 70.5 Å². The van der Waals surface area contributed by atoms with Crippen molar-refractivity contribution >= 4 is 11.3 Å². The molecule has 0 aliphatic carbocycles. The van der Waals surface area contributed by atoms with E-state index < -0.39 is 0 Å². The third-order valence-electron chi connectivity index (χ3n) is 4.12. The van der Waals surface area contributed by atoms with Crippen molar-refractivity contribution in [3.05, 3.63) is 34.9 Å². The summed E-state index contributed by atoms with van der Waals surface area (Å²) in [5.41, 5.74) is 7.02. The number of allylic oxidation sites excluding steroid dienone is 1. The van der Waals surface area contributed by atoms with Crippen molar-refractivity contribution in [1.29, 1.82) is 0 Å². The molecule has 1 aromatic carbocycles. The maximum absolute atomic E-state index is 3.25. The molecule has 0 amide bonds. The first-order chi connectivity index (χ1) is 8.90. The summed E-state index contributed by atoms with van der Waals surface area (Å²) in [5.74, 6) is 0. The molecule has 0 saturated heterocycles. The number of anilines is 1. The van der Waals surface area contributed by atoms with E-state index in [1.807, 2.05) is 7.05 Å². The lowest BCUT2D eigenvalue weighted by molar-refractivity contribution is 0.566. The Morgan fingerprint density at radius 2 is 1.89 bits per heavy atom. The van der Waals surface area contributed by atoms with Crippen molar-refractivity contribution in [2.75, 3.05) is 18.5 Å². The van der Waals surface area contributed by atoms with Gasteiger partial charge in [0.05, 0.1) is 5.54 Å². The number of likely N-dealkylation sites (N-methyl/N-ethyl adjacent to an activating group) is 1. The summed E-state index contributed by atoms with van der Waals surface area (Å²) in [7, 11) is 2.00. The summed E-state index contributed by atoms with van der Waals surface area (Å²) in [4.78, 5) is 2.49. The fourth-order valence-corrected chi connectivity index (χ4v) is 3.23. The zero-order valence-electron chi connectivity index (χ0n) is 13.1. The van der Waals surface area contributed by atoms with E-state index in [0.717, 1.165) is 13.1 Å². The molecule has 0 unspecified atom stereocenters. The molecule has 2 nitrogen and oxygen atoms in total. The summed E-state index contributed by atoms with van der Waals surface area (Å²) in [6, 6.07) is 4.70. The number of fused-ring (bicyclic) bond motifs is 1. The average Bonchev–Trinajstić information content (AvgIpc) is 2.31. The van der Waals surface area contributed by atoms with E-state index in [0.29, 0.717) is 0 Å². The van der Waals surface area contributed by atoms with Crippen LogP contribution in [-0.2, 0) is 6.54 Å². The van der Waals surface area contributed by atoms with Crippen molar-refractivity contribution in [1.82, 2.24) is 5.32 Å². The van der Waals surface area contributed by atoms with Gasteiger partial charge in [0.2, 0.25) is 0 Å². The number of benzene rings is 1. The van der Waals surface area contributed by atoms with Gasteiger partial charge in [0.1, 0.15) is 0 Å². The van der Waals surface area contributed by atoms with E-state index in [1.54, 1.807) is 0 Å². The number of rotatable bonds is 3. The predicted molar refractivity (Wildman–Crippen MR) is 84.7 cm³/mol. The largest absolute Gasteiger partial charge is 0.363 e. The topological polar surface area (TPSA) is 15.3 Å². The minimum Gasteiger partial charge on any atom is -0.363 e. The molecule has 0 radical (unpaired) electrons. The Labute approximate surface area is 117 Å². The SMILES string of the molecule is CCN1c2cc(C)c(CNC)cc2C(C)=CC1(C)C. The molecule has 104 valence electrons. The van der Waals surface area contributed by atoms with Gasteiger partial charge in [0, 0.05) is 24.3 Å². The van der Waals surface area contributed by atoms with Crippen LogP contribution in [0, 0.1) is 6.92 Å². The van der Waals surface area contributed by atoms with E-state index in [2.05, 4.69) is 63.0 Å². The molecule has 1 aromatic rings. The van der Waals surface area contributed by atoms with E-state index in [4.69, 9.17) is 0 Å². The second-order valence-corrected chi connectivity index (χ2v) is 6.05. The van der Waals surface area contributed by atoms with Crippen LogP contribution in [0.1, 0.15) is 44.4 Å². The van der Waals surface area contributed by atoms with E-state index in [1.165, 1.54) is 28.0 Å². The van der Waals surface area contributed by atoms with Crippen LogP contribution in [0.4, 0.5) is 5.69 Å². The first-order valence-corrected chi connectivity index (χ1v) is 7.16. The van der Waals surface area contributed by atoms with Gasteiger partial charge in [-0.1, -0.05) is 6.08 Å². The lowest BCUT2D eigenvalue weighted by atomic mass is 9.87. The second kappa shape index (κ2) is 5.01. The Kier molecular flexibility index (Phi) is 3.73. The third kappa shape index (κ3) is 2.42. The highest BCUT2D eigenvalue weighted by Crippen LogP contribution is 2.39. The van der Waals surface area contributed by atoms with Gasteiger partial charge in [-0.2, -0.15) is 0 Å². The van der Waals surface area contributed by atoms with Crippen LogP contribution in [0.3, 0.4) is 0 Å². The van der Waals surface area contributed by atoms with Crippen LogP contribution in [0.15, 0.2) is 18.2 Å². The highest BCUT2D eigenvalue weighted by Gasteiger charge is 2.30. The van der Waals surface area contributed by atoms with Crippen molar-refractivity contribution in [3.8, 4) is 0 Å². The molecule has 19 heavy (non-hydrogen) atoms. The standard InChI is InChI=1S/C17H26N2/c1-7-19-16-8-12(2)14(11-18-6)9-15(16)13(3)10-17(19,4)5/h8-10,18H,7,11H2,1-6H3. The van der Waals surface area contributed by atoms with E-state index >= 15 is 0 Å². The van der Waals surface area contributed by atoms with Crippen LogP contribution in [-0.4, -0.2) is 19.1 Å². The molecule has 2 heteroatoms. The van der Waals surface area contributed by atoms with Gasteiger partial charge in [0.25, 0.3) is 0 Å². The first kappa shape index (κ1) is 14.1. The van der Waals surface area contributed by atoms with Crippen molar-refractivity contribution in [3.63, 3.8) is 0 Å². The quantitative estimate of drug-likeness (QED) is 0.888. The molecule has 0 fully saturated rings. The molecule has 1 N–H and O–H groups in total. The molecule has 0 aromatic heterocycles. The lowest BCUT2D eigenvalue weighted by Gasteiger charge is -2.43. The van der Waals surface area contributed by atoms with Gasteiger partial charge in [-0.15, -0.1) is 0 Å². The number of hydrogen-bond donors (Lipinski definition) is 1. The summed E-state index contributed by atoms with van der Waals surface area (Å²) in [6.07, 6.45) is 2.39. The summed E-state index contributed by atoms with van der Waals surface area (Å²) in [5, 5.41) is 3.25. The molecule has 1 aliphatic rings. The monoisotopic (exact) mass is 258 g/mol. The van der Waals surface area contributed by atoms with Crippen LogP contribution in [0.2, 0.25) is 0 Å². The molecule has 0 spiro atoms. The maximum Gasteiger partial charge on any atom is 0.0534 e. The Morgan fingerprint density at radius 1 is 1.21 bits per heavy atom. The maximum atomic E-state index is 3.25. The van der Waals surface area contributed by atoms with Gasteiger partial charge >= 0.3 is 0 Å². The minimum absolute atomic E-state index is 0.1000. The van der Waals surface area contributed by atoms with Crippen molar-refractivity contribution < 1.29 is 0 Å². The van der Waals surface area contributed by atoms with Crippen molar-refractivity contribution in [2.45, 2.75) is 46.7 Å². The number of aryl methyl sites for hydroxylation is 1. The zero-order valence-corrected chi connectivity index (χ0v) is 13.1. The third-order valence-corrected chi connectivity index (χ3v) is 4.12. The van der Waals surface area contributed by atoms with Crippen LogP contribution in [0.25, 0.3) is 5.57 Å². The summed E-state index contributed by atoms with van der Waals surface area (Å²) < 4.78 is 0. The number of nitrogens with zero attached hydrogens (tertiary/aromatic N) is 1. The molecule has 1 aliphatic heterocycles. The average molecular weight is 258 g/mol.